The number of thiazole rings is 1. The van der Waals surface area contributed by atoms with E-state index >= 15 is 0 Å². The van der Waals surface area contributed by atoms with E-state index in [0.29, 0.717) is 6.42 Å². The molecule has 0 aromatic carbocycles. The lowest BCUT2D eigenvalue weighted by atomic mass is 10.2. The average Bonchev–Trinajstić information content (AvgIpc) is 2.83. The second kappa shape index (κ2) is 4.55. The van der Waals surface area contributed by atoms with Crippen molar-refractivity contribution in [3.05, 3.63) is 11.1 Å². The molecule has 0 saturated carbocycles. The highest BCUT2D eigenvalue weighted by Gasteiger charge is 2.31. The molecule has 2 atom stereocenters. The largest absolute Gasteiger partial charge is 0.388 e. The number of hydrogen-bond acceptors (Lipinski definition) is 6. The first-order valence-electron chi connectivity index (χ1n) is 5.46. The Bertz CT molecular complexity index is 495. The van der Waals surface area contributed by atoms with Crippen molar-refractivity contribution in [3.8, 4) is 0 Å². The molecule has 0 amide bonds. The summed E-state index contributed by atoms with van der Waals surface area (Å²) in [6, 6.07) is 0.00741. The fourth-order valence-corrected chi connectivity index (χ4v) is 4.53. The Morgan fingerprint density at radius 2 is 2.35 bits per heavy atom. The van der Waals surface area contributed by atoms with E-state index < -0.39 is 15.9 Å². The maximum Gasteiger partial charge on any atom is 0.185 e. The fourth-order valence-electron chi connectivity index (χ4n) is 1.87. The highest BCUT2D eigenvalue weighted by molar-refractivity contribution is 7.91. The summed E-state index contributed by atoms with van der Waals surface area (Å²) in [4.78, 5) is 6.92. The number of rotatable bonds is 3. The van der Waals surface area contributed by atoms with E-state index in [1.807, 2.05) is 11.9 Å². The minimum absolute atomic E-state index is 0.00741. The molecule has 1 aromatic rings. The smallest absolute Gasteiger partial charge is 0.185 e. The minimum atomic E-state index is -2.87. The summed E-state index contributed by atoms with van der Waals surface area (Å²) in [6.45, 7) is 1.69. The van der Waals surface area contributed by atoms with Crippen molar-refractivity contribution in [2.24, 2.45) is 0 Å². The van der Waals surface area contributed by atoms with Crippen LogP contribution in [0.15, 0.2) is 6.20 Å². The Hall–Kier alpha value is -0.660. The summed E-state index contributed by atoms with van der Waals surface area (Å²) >= 11 is 1.41. The van der Waals surface area contributed by atoms with Crippen molar-refractivity contribution < 1.29 is 13.5 Å². The zero-order chi connectivity index (χ0) is 12.6. The van der Waals surface area contributed by atoms with Crippen LogP contribution in [0.3, 0.4) is 0 Å². The van der Waals surface area contributed by atoms with E-state index in [0.717, 1.165) is 10.0 Å². The predicted octanol–water partition coefficient (Wildman–Crippen LogP) is 0.820. The van der Waals surface area contributed by atoms with Gasteiger partial charge >= 0.3 is 0 Å². The quantitative estimate of drug-likeness (QED) is 0.885. The molecule has 7 heteroatoms. The van der Waals surface area contributed by atoms with Crippen LogP contribution in [0, 0.1) is 0 Å². The first-order valence-corrected chi connectivity index (χ1v) is 8.10. The van der Waals surface area contributed by atoms with Gasteiger partial charge in [-0.2, -0.15) is 0 Å². The third-order valence-electron chi connectivity index (χ3n) is 2.98. The third kappa shape index (κ3) is 2.78. The summed E-state index contributed by atoms with van der Waals surface area (Å²) in [5.74, 6) is 0.462. The molecule has 1 aromatic heterocycles. The maximum absolute atomic E-state index is 11.4. The molecule has 1 saturated heterocycles. The normalized spacial score (nSPS) is 24.8. The van der Waals surface area contributed by atoms with Crippen molar-refractivity contribution in [1.82, 2.24) is 4.98 Å². The van der Waals surface area contributed by atoms with Gasteiger partial charge < -0.3 is 10.0 Å². The van der Waals surface area contributed by atoms with Crippen LogP contribution >= 0.6 is 11.3 Å². The predicted molar refractivity (Wildman–Crippen MR) is 68.2 cm³/mol. The number of aliphatic hydroxyl groups is 1. The van der Waals surface area contributed by atoms with Gasteiger partial charge in [0.1, 0.15) is 0 Å². The van der Waals surface area contributed by atoms with Gasteiger partial charge in [0.2, 0.25) is 0 Å². The van der Waals surface area contributed by atoms with Gasteiger partial charge in [-0.15, -0.1) is 0 Å². The number of anilines is 1. The van der Waals surface area contributed by atoms with Gasteiger partial charge in [0.25, 0.3) is 0 Å². The first kappa shape index (κ1) is 12.8. The molecular weight excluding hydrogens is 260 g/mol. The van der Waals surface area contributed by atoms with Gasteiger partial charge in [0.15, 0.2) is 15.0 Å². The Kier molecular flexibility index (Phi) is 3.42. The summed E-state index contributed by atoms with van der Waals surface area (Å²) in [7, 11) is -1.01. The van der Waals surface area contributed by atoms with Crippen LogP contribution in [-0.2, 0) is 9.84 Å². The van der Waals surface area contributed by atoms with Gasteiger partial charge in [-0.25, -0.2) is 13.4 Å². The van der Waals surface area contributed by atoms with Gasteiger partial charge in [-0.3, -0.25) is 0 Å². The number of hydrogen-bond donors (Lipinski definition) is 1. The topological polar surface area (TPSA) is 70.5 Å². The summed E-state index contributed by atoms with van der Waals surface area (Å²) < 4.78 is 22.8. The van der Waals surface area contributed by atoms with Gasteiger partial charge in [0, 0.05) is 19.3 Å². The molecule has 0 spiro atoms. The summed E-state index contributed by atoms with van der Waals surface area (Å²) in [5, 5.41) is 10.2. The van der Waals surface area contributed by atoms with Crippen LogP contribution in [0.4, 0.5) is 5.13 Å². The average molecular weight is 276 g/mol. The van der Waals surface area contributed by atoms with Crippen molar-refractivity contribution in [2.75, 3.05) is 23.5 Å². The Labute approximate surface area is 105 Å². The van der Waals surface area contributed by atoms with Gasteiger partial charge in [0.05, 0.1) is 22.5 Å². The molecule has 1 fully saturated rings. The Morgan fingerprint density at radius 3 is 2.82 bits per heavy atom. The molecule has 1 N–H and O–H groups in total. The monoisotopic (exact) mass is 276 g/mol. The summed E-state index contributed by atoms with van der Waals surface area (Å²) in [5.41, 5.74) is 0. The highest BCUT2D eigenvalue weighted by Crippen LogP contribution is 2.29. The third-order valence-corrected chi connectivity index (χ3v) is 5.99. The molecule has 0 bridgehead atoms. The van der Waals surface area contributed by atoms with E-state index in [2.05, 4.69) is 4.98 Å². The standard InChI is InChI=1S/C10H16N2O3S2/c1-7(13)9-5-11-10(16-9)12(2)8-3-4-17(14,15)6-8/h5,7-8,13H,3-4,6H2,1-2H3. The molecule has 1 aliphatic heterocycles. The van der Waals surface area contributed by atoms with Gasteiger partial charge in [-0.05, 0) is 13.3 Å². The molecule has 1 aliphatic rings. The zero-order valence-electron chi connectivity index (χ0n) is 9.83. The lowest BCUT2D eigenvalue weighted by molar-refractivity contribution is 0.203. The Balaban J connectivity index is 2.12. The maximum atomic E-state index is 11.4. The zero-order valence-corrected chi connectivity index (χ0v) is 11.5. The van der Waals surface area contributed by atoms with Crippen LogP contribution in [0.2, 0.25) is 0 Å². The van der Waals surface area contributed by atoms with Crippen LogP contribution < -0.4 is 4.90 Å². The highest BCUT2D eigenvalue weighted by atomic mass is 32.2. The van der Waals surface area contributed by atoms with Gasteiger partial charge in [-0.1, -0.05) is 11.3 Å². The van der Waals surface area contributed by atoms with Crippen LogP contribution in [0.25, 0.3) is 0 Å². The molecule has 96 valence electrons. The van der Waals surface area contributed by atoms with E-state index in [1.165, 1.54) is 11.3 Å². The van der Waals surface area contributed by atoms with E-state index in [9.17, 15) is 13.5 Å². The van der Waals surface area contributed by atoms with E-state index in [4.69, 9.17) is 0 Å². The lowest BCUT2D eigenvalue weighted by Gasteiger charge is -2.22. The summed E-state index contributed by atoms with van der Waals surface area (Å²) in [6.07, 6.45) is 1.77. The molecule has 2 unspecified atom stereocenters. The second-order valence-corrected chi connectivity index (χ2v) is 7.66. The van der Waals surface area contributed by atoms with E-state index in [-0.39, 0.29) is 17.5 Å². The second-order valence-electron chi connectivity index (χ2n) is 4.39. The SMILES string of the molecule is CC(O)c1cnc(N(C)C2CCS(=O)(=O)C2)s1. The fraction of sp³-hybridized carbons (Fsp3) is 0.700. The van der Waals surface area contributed by atoms with Crippen LogP contribution in [-0.4, -0.2) is 43.1 Å². The number of aromatic nitrogens is 1. The lowest BCUT2D eigenvalue weighted by Crippen LogP contribution is -2.32. The molecule has 17 heavy (non-hydrogen) atoms. The van der Waals surface area contributed by atoms with Crippen LogP contribution in [0.1, 0.15) is 24.3 Å². The molecule has 2 heterocycles. The molecule has 5 nitrogen and oxygen atoms in total. The number of nitrogens with zero attached hydrogens (tertiary/aromatic N) is 2. The number of aliphatic hydroxyl groups excluding tert-OH is 1. The first-order chi connectivity index (χ1) is 7.89. The minimum Gasteiger partial charge on any atom is -0.388 e. The van der Waals surface area contributed by atoms with Crippen molar-refractivity contribution in [2.45, 2.75) is 25.5 Å². The van der Waals surface area contributed by atoms with Crippen molar-refractivity contribution in [1.29, 1.82) is 0 Å². The van der Waals surface area contributed by atoms with Crippen molar-refractivity contribution >= 4 is 26.3 Å². The molecule has 0 aliphatic carbocycles. The van der Waals surface area contributed by atoms with E-state index in [1.54, 1.807) is 13.1 Å². The molecular formula is C10H16N2O3S2. The van der Waals surface area contributed by atoms with Crippen molar-refractivity contribution in [3.63, 3.8) is 0 Å². The molecule has 0 radical (unpaired) electrons. The molecule has 2 rings (SSSR count). The van der Waals surface area contributed by atoms with Crippen LogP contribution in [0.5, 0.6) is 0 Å². The Morgan fingerprint density at radius 1 is 1.65 bits per heavy atom. The number of sulfone groups is 1.